The molecule has 0 aliphatic heterocycles. The summed E-state index contributed by atoms with van der Waals surface area (Å²) in [6.07, 6.45) is -4.63. The Kier molecular flexibility index (Phi) is 5.26. The summed E-state index contributed by atoms with van der Waals surface area (Å²) in [5, 5.41) is 12.0. The van der Waals surface area contributed by atoms with Gasteiger partial charge in [-0.15, -0.1) is 0 Å². The van der Waals surface area contributed by atoms with E-state index in [9.17, 15) is 13.2 Å². The molecule has 0 bridgehead atoms. The van der Waals surface area contributed by atoms with Gasteiger partial charge in [0.15, 0.2) is 11.5 Å². The second kappa shape index (κ2) is 7.19. The zero-order chi connectivity index (χ0) is 17.7. The first-order chi connectivity index (χ1) is 11.4. The number of ether oxygens (including phenoxy) is 2. The third-order valence-corrected chi connectivity index (χ3v) is 3.09. The van der Waals surface area contributed by atoms with Gasteiger partial charge < -0.3 is 14.8 Å². The molecule has 126 valence electrons. The number of hydrogen-bond acceptors (Lipinski definition) is 5. The molecular formula is C16H14F3N3O2. The number of nitrogens with one attached hydrogen (secondary N) is 1. The summed E-state index contributed by atoms with van der Waals surface area (Å²) >= 11 is 0. The normalized spacial score (nSPS) is 11.0. The number of aromatic nitrogens is 1. The average molecular weight is 337 g/mol. The first-order valence-electron chi connectivity index (χ1n) is 6.86. The second-order valence-electron chi connectivity index (χ2n) is 4.78. The number of hydrogen-bond donors (Lipinski definition) is 1. The first kappa shape index (κ1) is 17.6. The van der Waals surface area contributed by atoms with Crippen molar-refractivity contribution in [2.24, 2.45) is 0 Å². The van der Waals surface area contributed by atoms with Crippen molar-refractivity contribution in [1.82, 2.24) is 10.3 Å². The van der Waals surface area contributed by atoms with E-state index in [-0.39, 0.29) is 11.3 Å². The summed E-state index contributed by atoms with van der Waals surface area (Å²) in [5.74, 6) is 0.0681. The lowest BCUT2D eigenvalue weighted by atomic mass is 10.2. The summed E-state index contributed by atoms with van der Waals surface area (Å²) in [4.78, 5) is 3.41. The van der Waals surface area contributed by atoms with E-state index in [0.717, 1.165) is 17.7 Å². The molecule has 8 heteroatoms. The van der Waals surface area contributed by atoms with Crippen molar-refractivity contribution in [3.8, 4) is 23.4 Å². The van der Waals surface area contributed by atoms with Crippen LogP contribution in [0.1, 0.15) is 16.8 Å². The summed E-state index contributed by atoms with van der Waals surface area (Å²) in [5.41, 5.74) is -0.342. The Morgan fingerprint density at radius 2 is 1.96 bits per heavy atom. The zero-order valence-electron chi connectivity index (χ0n) is 12.9. The summed E-state index contributed by atoms with van der Waals surface area (Å²) < 4.78 is 49.0. The molecule has 0 saturated carbocycles. The Morgan fingerprint density at radius 3 is 2.54 bits per heavy atom. The SMILES string of the molecule is CNCc1ccc(Oc2nc(C(F)(F)F)ccc2C#N)c(OC)c1. The molecule has 0 atom stereocenters. The predicted molar refractivity (Wildman–Crippen MR) is 79.8 cm³/mol. The molecule has 0 saturated heterocycles. The van der Waals surface area contributed by atoms with Crippen LogP contribution in [0.2, 0.25) is 0 Å². The van der Waals surface area contributed by atoms with E-state index in [1.165, 1.54) is 7.11 Å². The summed E-state index contributed by atoms with van der Waals surface area (Å²) in [7, 11) is 3.19. The van der Waals surface area contributed by atoms with Crippen LogP contribution in [-0.2, 0) is 12.7 Å². The number of nitriles is 1. The molecule has 1 N–H and O–H groups in total. The first-order valence-corrected chi connectivity index (χ1v) is 6.86. The third-order valence-electron chi connectivity index (χ3n) is 3.09. The van der Waals surface area contributed by atoms with Crippen molar-refractivity contribution in [1.29, 1.82) is 5.26 Å². The molecule has 2 aromatic rings. The minimum atomic E-state index is -4.63. The number of nitrogens with zero attached hydrogens (tertiary/aromatic N) is 2. The van der Waals surface area contributed by atoms with Crippen molar-refractivity contribution < 1.29 is 22.6 Å². The topological polar surface area (TPSA) is 67.2 Å². The Hall–Kier alpha value is -2.79. The quantitative estimate of drug-likeness (QED) is 0.904. The standard InChI is InChI=1S/C16H14F3N3O2/c1-21-9-10-3-5-12(13(7-10)23-2)24-15-11(8-20)4-6-14(22-15)16(17,18)19/h3-7,21H,9H2,1-2H3. The lowest BCUT2D eigenvalue weighted by molar-refractivity contribution is -0.141. The highest BCUT2D eigenvalue weighted by Gasteiger charge is 2.33. The van der Waals surface area contributed by atoms with E-state index in [0.29, 0.717) is 12.3 Å². The molecule has 0 amide bonds. The van der Waals surface area contributed by atoms with Crippen LogP contribution in [0.3, 0.4) is 0 Å². The predicted octanol–water partition coefficient (Wildman–Crippen LogP) is 3.49. The Balaban J connectivity index is 2.42. The van der Waals surface area contributed by atoms with Crippen molar-refractivity contribution >= 4 is 0 Å². The number of pyridine rings is 1. The number of methoxy groups -OCH3 is 1. The molecule has 1 aromatic carbocycles. The Labute approximate surface area is 136 Å². The van der Waals surface area contributed by atoms with E-state index >= 15 is 0 Å². The van der Waals surface area contributed by atoms with E-state index < -0.39 is 17.8 Å². The fourth-order valence-corrected chi connectivity index (χ4v) is 1.98. The summed E-state index contributed by atoms with van der Waals surface area (Å²) in [6.45, 7) is 0.585. The number of halogens is 3. The van der Waals surface area contributed by atoms with Crippen molar-refractivity contribution in [3.63, 3.8) is 0 Å². The van der Waals surface area contributed by atoms with Crippen LogP contribution in [0.15, 0.2) is 30.3 Å². The van der Waals surface area contributed by atoms with Crippen LogP contribution in [0.25, 0.3) is 0 Å². The highest BCUT2D eigenvalue weighted by atomic mass is 19.4. The summed E-state index contributed by atoms with van der Waals surface area (Å²) in [6, 6.07) is 8.48. The van der Waals surface area contributed by atoms with Crippen molar-refractivity contribution in [2.75, 3.05) is 14.2 Å². The molecule has 5 nitrogen and oxygen atoms in total. The van der Waals surface area contributed by atoms with Crippen molar-refractivity contribution in [3.05, 3.63) is 47.2 Å². The maximum absolute atomic E-state index is 12.8. The zero-order valence-corrected chi connectivity index (χ0v) is 12.9. The average Bonchev–Trinajstić information content (AvgIpc) is 2.55. The van der Waals surface area contributed by atoms with E-state index in [1.807, 2.05) is 0 Å². The van der Waals surface area contributed by atoms with Gasteiger partial charge in [-0.1, -0.05) is 6.07 Å². The van der Waals surface area contributed by atoms with Gasteiger partial charge in [0.2, 0.25) is 5.88 Å². The molecule has 0 aliphatic carbocycles. The maximum atomic E-state index is 12.8. The number of rotatable bonds is 5. The Bertz CT molecular complexity index is 770. The van der Waals surface area contributed by atoms with E-state index in [2.05, 4.69) is 10.3 Å². The Morgan fingerprint density at radius 1 is 1.21 bits per heavy atom. The van der Waals surface area contributed by atoms with Crippen LogP contribution >= 0.6 is 0 Å². The van der Waals surface area contributed by atoms with Gasteiger partial charge in [-0.2, -0.15) is 18.4 Å². The fraction of sp³-hybridized carbons (Fsp3) is 0.250. The van der Waals surface area contributed by atoms with Gasteiger partial charge in [0.25, 0.3) is 0 Å². The highest BCUT2D eigenvalue weighted by Crippen LogP contribution is 2.35. The van der Waals surface area contributed by atoms with Crippen LogP contribution in [0, 0.1) is 11.3 Å². The molecule has 1 aromatic heterocycles. The highest BCUT2D eigenvalue weighted by molar-refractivity contribution is 5.47. The molecule has 1 heterocycles. The number of benzene rings is 1. The van der Waals surface area contributed by atoms with Crippen LogP contribution in [-0.4, -0.2) is 19.1 Å². The second-order valence-corrected chi connectivity index (χ2v) is 4.78. The van der Waals surface area contributed by atoms with Crippen LogP contribution < -0.4 is 14.8 Å². The van der Waals surface area contributed by atoms with E-state index in [1.54, 1.807) is 31.3 Å². The van der Waals surface area contributed by atoms with Gasteiger partial charge in [-0.25, -0.2) is 4.98 Å². The number of alkyl halides is 3. The maximum Gasteiger partial charge on any atom is 0.433 e. The molecule has 24 heavy (non-hydrogen) atoms. The largest absolute Gasteiger partial charge is 0.493 e. The van der Waals surface area contributed by atoms with Gasteiger partial charge in [0.05, 0.1) is 7.11 Å². The molecule has 2 rings (SSSR count). The molecular weight excluding hydrogens is 323 g/mol. The molecule has 0 fully saturated rings. The van der Waals surface area contributed by atoms with Gasteiger partial charge in [0.1, 0.15) is 17.3 Å². The van der Waals surface area contributed by atoms with Crippen LogP contribution in [0.4, 0.5) is 13.2 Å². The lowest BCUT2D eigenvalue weighted by Crippen LogP contribution is -2.09. The third kappa shape index (κ3) is 3.94. The molecule has 0 aliphatic rings. The smallest absolute Gasteiger partial charge is 0.433 e. The van der Waals surface area contributed by atoms with Crippen LogP contribution in [0.5, 0.6) is 17.4 Å². The molecule has 0 radical (unpaired) electrons. The minimum absolute atomic E-state index is 0.107. The molecule has 0 unspecified atom stereocenters. The fourth-order valence-electron chi connectivity index (χ4n) is 1.98. The lowest BCUT2D eigenvalue weighted by Gasteiger charge is -2.13. The van der Waals surface area contributed by atoms with Gasteiger partial charge in [-0.3, -0.25) is 0 Å². The van der Waals surface area contributed by atoms with Crippen molar-refractivity contribution in [2.45, 2.75) is 12.7 Å². The van der Waals surface area contributed by atoms with Gasteiger partial charge in [0, 0.05) is 6.54 Å². The van der Waals surface area contributed by atoms with Gasteiger partial charge >= 0.3 is 6.18 Å². The molecule has 0 spiro atoms. The van der Waals surface area contributed by atoms with Gasteiger partial charge in [-0.05, 0) is 36.9 Å². The minimum Gasteiger partial charge on any atom is -0.493 e. The monoisotopic (exact) mass is 337 g/mol. The van der Waals surface area contributed by atoms with E-state index in [4.69, 9.17) is 14.7 Å².